The van der Waals surface area contributed by atoms with Crippen molar-refractivity contribution in [1.82, 2.24) is 5.32 Å². The third kappa shape index (κ3) is 4.65. The Hall–Kier alpha value is -3.10. The van der Waals surface area contributed by atoms with Crippen LogP contribution in [0.3, 0.4) is 0 Å². The molecule has 1 amide bonds. The Labute approximate surface area is 186 Å². The van der Waals surface area contributed by atoms with Crippen LogP contribution in [0.5, 0.6) is 17.2 Å². The molecule has 1 unspecified atom stereocenters. The number of rotatable bonds is 7. The summed E-state index contributed by atoms with van der Waals surface area (Å²) >= 11 is 5.38. The first-order valence-electron chi connectivity index (χ1n) is 10.0. The van der Waals surface area contributed by atoms with Gasteiger partial charge in [0, 0.05) is 12.7 Å². The van der Waals surface area contributed by atoms with E-state index < -0.39 is 0 Å². The number of thiocarbonyl (C=S) groups is 1. The molecule has 2 saturated heterocycles. The summed E-state index contributed by atoms with van der Waals surface area (Å²) in [5, 5.41) is 3.30. The van der Waals surface area contributed by atoms with Gasteiger partial charge in [0.25, 0.3) is 5.91 Å². The third-order valence-corrected chi connectivity index (χ3v) is 5.42. The number of carbonyl (C=O) groups excluding carboxylic acids is 1. The molecule has 2 aliphatic rings. The molecule has 162 valence electrons. The largest absolute Gasteiger partial charge is 0.497 e. The number of nitrogens with one attached hydrogen (secondary N) is 1. The summed E-state index contributed by atoms with van der Waals surface area (Å²) in [6, 6.07) is 12.7. The summed E-state index contributed by atoms with van der Waals surface area (Å²) in [6.45, 7) is 1.27. The van der Waals surface area contributed by atoms with Crippen LogP contribution in [0.1, 0.15) is 18.4 Å². The van der Waals surface area contributed by atoms with E-state index in [1.54, 1.807) is 32.4 Å². The highest BCUT2D eigenvalue weighted by atomic mass is 32.1. The quantitative estimate of drug-likeness (QED) is 0.522. The van der Waals surface area contributed by atoms with E-state index in [2.05, 4.69) is 5.32 Å². The van der Waals surface area contributed by atoms with E-state index in [9.17, 15) is 4.79 Å². The first-order valence-corrected chi connectivity index (χ1v) is 10.4. The molecule has 2 heterocycles. The van der Waals surface area contributed by atoms with Gasteiger partial charge in [0.15, 0.2) is 16.6 Å². The van der Waals surface area contributed by atoms with Crippen LogP contribution < -0.4 is 24.4 Å². The fourth-order valence-corrected chi connectivity index (χ4v) is 3.84. The van der Waals surface area contributed by atoms with Gasteiger partial charge in [-0.15, -0.1) is 0 Å². The highest BCUT2D eigenvalue weighted by molar-refractivity contribution is 7.80. The molecule has 0 aliphatic carbocycles. The van der Waals surface area contributed by atoms with Crippen molar-refractivity contribution in [2.45, 2.75) is 18.9 Å². The Morgan fingerprint density at radius 3 is 2.81 bits per heavy atom. The summed E-state index contributed by atoms with van der Waals surface area (Å²) in [7, 11) is 3.16. The summed E-state index contributed by atoms with van der Waals surface area (Å²) in [6.07, 6.45) is 3.92. The Kier molecular flexibility index (Phi) is 6.39. The summed E-state index contributed by atoms with van der Waals surface area (Å²) in [5.41, 5.74) is 1.80. The average molecular weight is 441 g/mol. The van der Waals surface area contributed by atoms with Crippen molar-refractivity contribution < 1.29 is 23.7 Å². The molecule has 0 spiro atoms. The zero-order chi connectivity index (χ0) is 21.8. The second-order valence-electron chi connectivity index (χ2n) is 7.19. The molecule has 2 aliphatic heterocycles. The molecule has 0 bridgehead atoms. The van der Waals surface area contributed by atoms with Crippen molar-refractivity contribution >= 4 is 35.0 Å². The van der Waals surface area contributed by atoms with Gasteiger partial charge in [-0.05, 0) is 61.0 Å². The molecule has 2 aromatic rings. The number of carbonyl (C=O) groups is 1. The zero-order valence-corrected chi connectivity index (χ0v) is 18.2. The monoisotopic (exact) mass is 440 g/mol. The lowest BCUT2D eigenvalue weighted by atomic mass is 10.1. The Balaban J connectivity index is 1.52. The van der Waals surface area contributed by atoms with Crippen molar-refractivity contribution in [2.24, 2.45) is 0 Å². The minimum Gasteiger partial charge on any atom is -0.497 e. The molecule has 8 heteroatoms. The van der Waals surface area contributed by atoms with Gasteiger partial charge < -0.3 is 24.3 Å². The van der Waals surface area contributed by atoms with Crippen LogP contribution in [0.4, 0.5) is 5.69 Å². The fourth-order valence-electron chi connectivity index (χ4n) is 3.54. The molecule has 0 saturated carbocycles. The number of amides is 1. The smallest absolute Gasteiger partial charge is 0.281 e. The maximum Gasteiger partial charge on any atom is 0.281 e. The Morgan fingerprint density at radius 2 is 2.06 bits per heavy atom. The second kappa shape index (κ2) is 9.36. The number of anilines is 1. The highest BCUT2D eigenvalue weighted by Gasteiger charge is 2.32. The first-order chi connectivity index (χ1) is 15.1. The van der Waals surface area contributed by atoms with Crippen molar-refractivity contribution in [3.05, 3.63) is 53.7 Å². The van der Waals surface area contributed by atoms with Crippen LogP contribution in [0, 0.1) is 0 Å². The van der Waals surface area contributed by atoms with Gasteiger partial charge in [-0.3, -0.25) is 9.69 Å². The van der Waals surface area contributed by atoms with Gasteiger partial charge >= 0.3 is 0 Å². The molecule has 2 aromatic carbocycles. The lowest BCUT2D eigenvalue weighted by Gasteiger charge is -2.15. The Bertz CT molecular complexity index is 1020. The normalized spacial score (nSPS) is 19.6. The molecule has 31 heavy (non-hydrogen) atoms. The first kappa shape index (κ1) is 21.1. The number of ether oxygens (including phenoxy) is 4. The fraction of sp³-hybridized carbons (Fsp3) is 0.304. The lowest BCUT2D eigenvalue weighted by Crippen LogP contribution is -2.30. The van der Waals surface area contributed by atoms with E-state index in [1.165, 1.54) is 4.90 Å². The van der Waals surface area contributed by atoms with Crippen molar-refractivity contribution in [3.8, 4) is 17.2 Å². The summed E-state index contributed by atoms with van der Waals surface area (Å²) in [4.78, 5) is 14.4. The van der Waals surface area contributed by atoms with E-state index in [0.29, 0.717) is 40.4 Å². The molecule has 1 atom stereocenters. The number of nitrogens with zero attached hydrogens (tertiary/aromatic N) is 1. The van der Waals surface area contributed by atoms with Gasteiger partial charge in [-0.2, -0.15) is 0 Å². The molecule has 0 radical (unpaired) electrons. The van der Waals surface area contributed by atoms with Gasteiger partial charge in [0.2, 0.25) is 0 Å². The maximum absolute atomic E-state index is 13.0. The van der Waals surface area contributed by atoms with E-state index in [4.69, 9.17) is 31.2 Å². The highest BCUT2D eigenvalue weighted by Crippen LogP contribution is 2.31. The van der Waals surface area contributed by atoms with E-state index in [0.717, 1.165) is 25.0 Å². The van der Waals surface area contributed by atoms with E-state index in [-0.39, 0.29) is 12.0 Å². The average Bonchev–Trinajstić information content (AvgIpc) is 3.40. The van der Waals surface area contributed by atoms with Crippen molar-refractivity contribution in [1.29, 1.82) is 0 Å². The topological polar surface area (TPSA) is 69.3 Å². The predicted molar refractivity (Wildman–Crippen MR) is 122 cm³/mol. The lowest BCUT2D eigenvalue weighted by molar-refractivity contribution is -0.113. The predicted octanol–water partition coefficient (Wildman–Crippen LogP) is 3.52. The molecule has 7 nitrogen and oxygen atoms in total. The maximum atomic E-state index is 13.0. The van der Waals surface area contributed by atoms with Gasteiger partial charge in [-0.1, -0.05) is 12.1 Å². The molecule has 1 N–H and O–H groups in total. The second-order valence-corrected chi connectivity index (χ2v) is 7.57. The summed E-state index contributed by atoms with van der Waals surface area (Å²) < 4.78 is 22.2. The number of methoxy groups -OCH3 is 2. The zero-order valence-electron chi connectivity index (χ0n) is 17.4. The molecule has 4 rings (SSSR count). The minimum absolute atomic E-state index is 0.121. The standard InChI is InChI=1S/C23H24N2O5S/c1-27-17-6-3-5-16(13-17)25-22(26)19(24-23(25)31)11-15-8-9-20(21(12-15)28-2)30-14-18-7-4-10-29-18/h3,5-6,8-9,11-13,18H,4,7,10,14H2,1-2H3,(H,24,31)/b19-11-. The molecular weight excluding hydrogens is 416 g/mol. The SMILES string of the molecule is COc1cccc(N2C(=O)/C(=C/c3ccc(OCC4CCCO4)c(OC)c3)NC2=S)c1. The summed E-state index contributed by atoms with van der Waals surface area (Å²) in [5.74, 6) is 1.63. The van der Waals surface area contributed by atoms with Crippen LogP contribution in [0.15, 0.2) is 48.2 Å². The van der Waals surface area contributed by atoms with Gasteiger partial charge in [0.1, 0.15) is 18.1 Å². The molecule has 0 aromatic heterocycles. The van der Waals surface area contributed by atoms with Crippen LogP contribution in [-0.2, 0) is 9.53 Å². The van der Waals surface area contributed by atoms with Gasteiger partial charge in [-0.25, -0.2) is 0 Å². The van der Waals surface area contributed by atoms with E-state index in [1.807, 2.05) is 30.3 Å². The van der Waals surface area contributed by atoms with Crippen LogP contribution in [0.25, 0.3) is 6.08 Å². The van der Waals surface area contributed by atoms with Gasteiger partial charge in [0.05, 0.1) is 26.0 Å². The van der Waals surface area contributed by atoms with Crippen LogP contribution in [-0.4, -0.2) is 44.6 Å². The van der Waals surface area contributed by atoms with Crippen LogP contribution >= 0.6 is 12.2 Å². The third-order valence-electron chi connectivity index (χ3n) is 5.14. The van der Waals surface area contributed by atoms with Crippen LogP contribution in [0.2, 0.25) is 0 Å². The number of benzene rings is 2. The van der Waals surface area contributed by atoms with Crippen molar-refractivity contribution in [3.63, 3.8) is 0 Å². The molecule has 2 fully saturated rings. The minimum atomic E-state index is -0.240. The number of hydrogen-bond donors (Lipinski definition) is 1. The Morgan fingerprint density at radius 1 is 1.19 bits per heavy atom. The van der Waals surface area contributed by atoms with Crippen molar-refractivity contribution in [2.75, 3.05) is 32.3 Å². The number of hydrogen-bond acceptors (Lipinski definition) is 6. The van der Waals surface area contributed by atoms with E-state index >= 15 is 0 Å². The molecular formula is C23H24N2O5S.